The quantitative estimate of drug-likeness (QED) is 0.419. The number of carbonyl (C=O) groups excluding carboxylic acids is 2. The molecule has 0 radical (unpaired) electrons. The maximum Gasteiger partial charge on any atom is 0.322 e. The van der Waals surface area contributed by atoms with Crippen molar-refractivity contribution >= 4 is 34.7 Å². The van der Waals surface area contributed by atoms with Crippen molar-refractivity contribution in [2.75, 3.05) is 46.3 Å². The van der Waals surface area contributed by atoms with Gasteiger partial charge in [0.2, 0.25) is 0 Å². The van der Waals surface area contributed by atoms with E-state index in [0.717, 1.165) is 16.2 Å². The molecule has 1 atom stereocenters. The molecule has 1 aliphatic heterocycles. The van der Waals surface area contributed by atoms with Crippen LogP contribution >= 0.6 is 11.3 Å². The van der Waals surface area contributed by atoms with Crippen molar-refractivity contribution in [1.29, 1.82) is 0 Å². The fourth-order valence-corrected chi connectivity index (χ4v) is 4.87. The number of benzene rings is 2. The van der Waals surface area contributed by atoms with Gasteiger partial charge in [0.25, 0.3) is 5.91 Å². The molecular formula is C27H30N4O5S. The predicted octanol–water partition coefficient (Wildman–Crippen LogP) is 4.62. The minimum Gasteiger partial charge on any atom is -0.496 e. The molecule has 4 rings (SSSR count). The number of ether oxygens (including phenoxy) is 3. The predicted molar refractivity (Wildman–Crippen MR) is 144 cm³/mol. The van der Waals surface area contributed by atoms with Crippen LogP contribution in [0.4, 0.5) is 10.5 Å². The number of rotatable bonds is 10. The third kappa shape index (κ3) is 6.10. The van der Waals surface area contributed by atoms with Gasteiger partial charge in [-0.25, -0.2) is 9.80 Å². The summed E-state index contributed by atoms with van der Waals surface area (Å²) in [5.41, 5.74) is 2.19. The van der Waals surface area contributed by atoms with Crippen LogP contribution in [0.1, 0.15) is 22.9 Å². The van der Waals surface area contributed by atoms with E-state index in [0.29, 0.717) is 23.6 Å². The molecule has 0 saturated carbocycles. The number of nitrogens with zero attached hydrogens (tertiary/aromatic N) is 3. The van der Waals surface area contributed by atoms with E-state index in [2.05, 4.69) is 5.32 Å². The summed E-state index contributed by atoms with van der Waals surface area (Å²) >= 11 is 1.57. The van der Waals surface area contributed by atoms with Crippen molar-refractivity contribution in [1.82, 2.24) is 9.91 Å². The van der Waals surface area contributed by atoms with Crippen molar-refractivity contribution in [2.45, 2.75) is 12.5 Å². The molecule has 9 nitrogen and oxygen atoms in total. The molecule has 0 fully saturated rings. The van der Waals surface area contributed by atoms with E-state index in [1.54, 1.807) is 43.8 Å². The number of carbonyl (C=O) groups is 2. The lowest BCUT2D eigenvalue weighted by molar-refractivity contribution is -0.133. The largest absolute Gasteiger partial charge is 0.496 e. The monoisotopic (exact) mass is 522 g/mol. The summed E-state index contributed by atoms with van der Waals surface area (Å²) in [4.78, 5) is 29.3. The van der Waals surface area contributed by atoms with Gasteiger partial charge in [-0.1, -0.05) is 36.4 Å². The first-order valence-electron chi connectivity index (χ1n) is 11.8. The molecule has 1 aromatic heterocycles. The molecule has 10 heteroatoms. The van der Waals surface area contributed by atoms with E-state index >= 15 is 0 Å². The molecule has 0 bridgehead atoms. The highest BCUT2D eigenvalue weighted by Crippen LogP contribution is 2.38. The number of nitrogens with one attached hydrogen (secondary N) is 1. The Morgan fingerprint density at radius 3 is 2.46 bits per heavy atom. The van der Waals surface area contributed by atoms with Crippen LogP contribution in [-0.2, 0) is 9.53 Å². The van der Waals surface area contributed by atoms with Gasteiger partial charge in [-0.3, -0.25) is 4.79 Å². The zero-order valence-electron chi connectivity index (χ0n) is 21.0. The highest BCUT2D eigenvalue weighted by atomic mass is 32.1. The van der Waals surface area contributed by atoms with Gasteiger partial charge in [0.05, 0.1) is 43.1 Å². The number of hydrogen-bond donors (Lipinski definition) is 1. The van der Waals surface area contributed by atoms with E-state index in [4.69, 9.17) is 19.3 Å². The average molecular weight is 523 g/mol. The van der Waals surface area contributed by atoms with Gasteiger partial charge in [-0.05, 0) is 29.6 Å². The lowest BCUT2D eigenvalue weighted by Crippen LogP contribution is -2.44. The Hall–Kier alpha value is -3.89. The lowest BCUT2D eigenvalue weighted by atomic mass is 10.00. The van der Waals surface area contributed by atoms with Crippen LogP contribution in [0.25, 0.3) is 0 Å². The van der Waals surface area contributed by atoms with Crippen LogP contribution in [0.2, 0.25) is 0 Å². The number of thiophene rings is 1. The van der Waals surface area contributed by atoms with Gasteiger partial charge in [0.1, 0.15) is 18.0 Å². The Balaban J connectivity index is 1.59. The Morgan fingerprint density at radius 1 is 1.03 bits per heavy atom. The van der Waals surface area contributed by atoms with Crippen LogP contribution in [0.15, 0.2) is 71.1 Å². The molecule has 0 aliphatic carbocycles. The third-order valence-corrected chi connectivity index (χ3v) is 6.92. The molecular weight excluding hydrogens is 492 g/mol. The molecule has 0 unspecified atom stereocenters. The molecule has 3 amide bonds. The van der Waals surface area contributed by atoms with Gasteiger partial charge in [0, 0.05) is 25.6 Å². The maximum absolute atomic E-state index is 13.7. The van der Waals surface area contributed by atoms with Crippen molar-refractivity contribution in [2.24, 2.45) is 5.10 Å². The Kier molecular flexibility index (Phi) is 8.76. The van der Waals surface area contributed by atoms with Gasteiger partial charge in [-0.15, -0.1) is 11.3 Å². The molecule has 1 aliphatic rings. The van der Waals surface area contributed by atoms with Crippen LogP contribution in [-0.4, -0.2) is 68.6 Å². The van der Waals surface area contributed by atoms with Crippen LogP contribution in [0.5, 0.6) is 11.5 Å². The topological polar surface area (TPSA) is 92.7 Å². The van der Waals surface area contributed by atoms with Crippen molar-refractivity contribution < 1.29 is 23.8 Å². The second-order valence-corrected chi connectivity index (χ2v) is 9.22. The Bertz CT molecular complexity index is 1250. The first kappa shape index (κ1) is 26.2. The molecule has 0 spiro atoms. The van der Waals surface area contributed by atoms with Crippen LogP contribution in [0.3, 0.4) is 0 Å². The first-order chi connectivity index (χ1) is 18.0. The number of urea groups is 1. The van der Waals surface area contributed by atoms with Gasteiger partial charge in [0.15, 0.2) is 0 Å². The first-order valence-corrected chi connectivity index (χ1v) is 12.7. The van der Waals surface area contributed by atoms with E-state index in [1.807, 2.05) is 47.8 Å². The molecule has 1 N–H and O–H groups in total. The smallest absolute Gasteiger partial charge is 0.322 e. The summed E-state index contributed by atoms with van der Waals surface area (Å²) in [6.07, 6.45) is 0.540. The summed E-state index contributed by atoms with van der Waals surface area (Å²) in [5.74, 6) is 0.890. The van der Waals surface area contributed by atoms with E-state index < -0.39 is 6.03 Å². The van der Waals surface area contributed by atoms with E-state index in [9.17, 15) is 9.59 Å². The van der Waals surface area contributed by atoms with E-state index in [-0.39, 0.29) is 31.6 Å². The summed E-state index contributed by atoms with van der Waals surface area (Å²) in [7, 11) is 4.69. The summed E-state index contributed by atoms with van der Waals surface area (Å²) < 4.78 is 16.1. The zero-order chi connectivity index (χ0) is 26.2. The molecule has 194 valence electrons. The highest BCUT2D eigenvalue weighted by molar-refractivity contribution is 7.12. The molecule has 2 aromatic carbocycles. The summed E-state index contributed by atoms with van der Waals surface area (Å²) in [5, 5.41) is 11.0. The average Bonchev–Trinajstić information content (AvgIpc) is 3.61. The Labute approximate surface area is 220 Å². The standard InChI is InChI=1S/C27H30N4O5S/c1-34-15-14-30(27(33)28-20-10-5-7-12-24(20)36-3)18-26(32)31-22(19-9-4-6-11-23(19)35-2)17-21(29-31)25-13-8-16-37-25/h4-13,16,22H,14-15,17-18H2,1-3H3,(H,28,33)/t22-/m1/s1. The maximum atomic E-state index is 13.7. The number of hydrogen-bond acceptors (Lipinski definition) is 7. The fraction of sp³-hybridized carbons (Fsp3) is 0.296. The second-order valence-electron chi connectivity index (χ2n) is 8.27. The number of anilines is 1. The van der Waals surface area contributed by atoms with Crippen LogP contribution < -0.4 is 14.8 Å². The highest BCUT2D eigenvalue weighted by Gasteiger charge is 2.36. The number of methoxy groups -OCH3 is 3. The fourth-order valence-electron chi connectivity index (χ4n) is 4.15. The van der Waals surface area contributed by atoms with E-state index in [1.165, 1.54) is 17.0 Å². The molecule has 3 aromatic rings. The molecule has 2 heterocycles. The minimum atomic E-state index is -0.439. The SMILES string of the molecule is COCCN(CC(=O)N1N=C(c2cccs2)C[C@@H]1c1ccccc1OC)C(=O)Nc1ccccc1OC. The number of amides is 3. The van der Waals surface area contributed by atoms with Gasteiger partial charge >= 0.3 is 6.03 Å². The summed E-state index contributed by atoms with van der Waals surface area (Å²) in [6, 6.07) is 17.9. The Morgan fingerprint density at radius 2 is 1.76 bits per heavy atom. The number of para-hydroxylation sites is 3. The second kappa shape index (κ2) is 12.4. The summed E-state index contributed by atoms with van der Waals surface area (Å²) in [6.45, 7) is 0.307. The third-order valence-electron chi connectivity index (χ3n) is 6.00. The molecule has 0 saturated heterocycles. The molecule has 37 heavy (non-hydrogen) atoms. The van der Waals surface area contributed by atoms with Crippen molar-refractivity contribution in [3.63, 3.8) is 0 Å². The zero-order valence-corrected chi connectivity index (χ0v) is 21.9. The number of hydrazone groups is 1. The van der Waals surface area contributed by atoms with Gasteiger partial charge < -0.3 is 24.4 Å². The normalized spacial score (nSPS) is 14.7. The van der Waals surface area contributed by atoms with Crippen molar-refractivity contribution in [3.8, 4) is 11.5 Å². The lowest BCUT2D eigenvalue weighted by Gasteiger charge is -2.27. The van der Waals surface area contributed by atoms with Crippen molar-refractivity contribution in [3.05, 3.63) is 76.5 Å². The minimum absolute atomic E-state index is 0.183. The van der Waals surface area contributed by atoms with Gasteiger partial charge in [-0.2, -0.15) is 5.10 Å². The van der Waals surface area contributed by atoms with Crippen LogP contribution in [0, 0.1) is 0 Å².